The van der Waals surface area contributed by atoms with Crippen LogP contribution < -0.4 is 5.14 Å². The summed E-state index contributed by atoms with van der Waals surface area (Å²) >= 11 is -1.52. The maximum absolute atomic E-state index is 12.3. The van der Waals surface area contributed by atoms with E-state index in [0.29, 0.717) is 0 Å². The Hall–Kier alpha value is -0.240. The molecule has 0 saturated carbocycles. The SMILES string of the molecule is CC(C=CCOC(C)(C)C(F)(F)F)[S+](N)[O-]. The van der Waals surface area contributed by atoms with Crippen molar-refractivity contribution in [3.05, 3.63) is 12.2 Å². The molecule has 0 aliphatic heterocycles. The van der Waals surface area contributed by atoms with E-state index in [1.807, 2.05) is 0 Å². The van der Waals surface area contributed by atoms with E-state index in [2.05, 4.69) is 4.74 Å². The normalized spacial score (nSPS) is 17.8. The van der Waals surface area contributed by atoms with Gasteiger partial charge in [0.2, 0.25) is 0 Å². The van der Waals surface area contributed by atoms with Gasteiger partial charge in [0, 0.05) is 11.4 Å². The summed E-state index contributed by atoms with van der Waals surface area (Å²) in [6, 6.07) is 0. The standard InChI is InChI=1S/C9H16F3NO2S/c1-7(16(13)14)5-4-6-15-8(2,3)9(10,11)12/h4-5,7H,6,13H2,1-3H3. The molecule has 3 nitrogen and oxygen atoms in total. The van der Waals surface area contributed by atoms with Crippen LogP contribution in [0.5, 0.6) is 0 Å². The molecular formula is C9H16F3NO2S. The number of halogens is 3. The van der Waals surface area contributed by atoms with Crippen molar-refractivity contribution in [2.45, 2.75) is 37.8 Å². The number of hydrogen-bond acceptors (Lipinski definition) is 3. The minimum atomic E-state index is -4.41. The highest BCUT2D eigenvalue weighted by Crippen LogP contribution is 2.32. The van der Waals surface area contributed by atoms with Gasteiger partial charge in [0.15, 0.2) is 10.9 Å². The molecule has 0 aromatic heterocycles. The van der Waals surface area contributed by atoms with E-state index in [1.165, 1.54) is 12.2 Å². The lowest BCUT2D eigenvalue weighted by Crippen LogP contribution is -2.41. The van der Waals surface area contributed by atoms with Crippen LogP contribution in [-0.2, 0) is 16.1 Å². The largest absolute Gasteiger partial charge is 0.598 e. The van der Waals surface area contributed by atoms with E-state index in [0.717, 1.165) is 13.8 Å². The van der Waals surface area contributed by atoms with Crippen molar-refractivity contribution in [1.82, 2.24) is 0 Å². The van der Waals surface area contributed by atoms with E-state index in [1.54, 1.807) is 6.92 Å². The molecule has 0 heterocycles. The first-order valence-corrected chi connectivity index (χ1v) is 5.88. The van der Waals surface area contributed by atoms with Crippen LogP contribution in [0.4, 0.5) is 13.2 Å². The summed E-state index contributed by atoms with van der Waals surface area (Å²) in [6.45, 7) is 3.30. The zero-order chi connectivity index (χ0) is 13.0. The van der Waals surface area contributed by atoms with Crippen molar-refractivity contribution in [1.29, 1.82) is 0 Å². The van der Waals surface area contributed by atoms with Crippen molar-refractivity contribution in [3.63, 3.8) is 0 Å². The number of ether oxygens (including phenoxy) is 1. The van der Waals surface area contributed by atoms with Gasteiger partial charge in [-0.1, -0.05) is 6.08 Å². The Morgan fingerprint density at radius 1 is 1.44 bits per heavy atom. The molecule has 0 bridgehead atoms. The average Bonchev–Trinajstić information content (AvgIpc) is 2.09. The first-order valence-electron chi connectivity index (χ1n) is 4.60. The third-order valence-electron chi connectivity index (χ3n) is 2.00. The van der Waals surface area contributed by atoms with E-state index in [-0.39, 0.29) is 6.61 Å². The van der Waals surface area contributed by atoms with Crippen LogP contribution in [0.15, 0.2) is 12.2 Å². The second-order valence-corrected chi connectivity index (χ2v) is 5.18. The number of alkyl halides is 3. The third kappa shape index (κ3) is 5.20. The summed E-state index contributed by atoms with van der Waals surface area (Å²) in [5.74, 6) is 0. The molecule has 2 N–H and O–H groups in total. The Bertz CT molecular complexity index is 241. The van der Waals surface area contributed by atoms with Gasteiger partial charge in [-0.2, -0.15) is 18.3 Å². The highest BCUT2D eigenvalue weighted by atomic mass is 32.2. The second-order valence-electron chi connectivity index (χ2n) is 3.78. The van der Waals surface area contributed by atoms with Gasteiger partial charge in [0.25, 0.3) is 0 Å². The van der Waals surface area contributed by atoms with Crippen molar-refractivity contribution in [3.8, 4) is 0 Å². The molecule has 0 radical (unpaired) electrons. The summed E-state index contributed by atoms with van der Waals surface area (Å²) in [7, 11) is 0. The molecular weight excluding hydrogens is 243 g/mol. The van der Waals surface area contributed by atoms with Gasteiger partial charge in [-0.3, -0.25) is 0 Å². The van der Waals surface area contributed by atoms with Crippen LogP contribution in [0.1, 0.15) is 20.8 Å². The Morgan fingerprint density at radius 3 is 2.31 bits per heavy atom. The molecule has 0 saturated heterocycles. The number of hydrogen-bond donors (Lipinski definition) is 1. The minimum absolute atomic E-state index is 0.200. The minimum Gasteiger partial charge on any atom is -0.598 e. The molecule has 0 spiro atoms. The molecule has 7 heteroatoms. The van der Waals surface area contributed by atoms with Crippen LogP contribution in [-0.4, -0.2) is 28.2 Å². The summed E-state index contributed by atoms with van der Waals surface area (Å²) in [5.41, 5.74) is -2.19. The molecule has 16 heavy (non-hydrogen) atoms. The molecule has 0 aliphatic rings. The fraction of sp³-hybridized carbons (Fsp3) is 0.778. The van der Waals surface area contributed by atoms with E-state index in [4.69, 9.17) is 5.14 Å². The van der Waals surface area contributed by atoms with Gasteiger partial charge in [-0.15, -0.1) is 0 Å². The average molecular weight is 259 g/mol. The molecule has 96 valence electrons. The Labute approximate surface area is 96.1 Å². The maximum atomic E-state index is 12.3. The Morgan fingerprint density at radius 2 is 1.94 bits per heavy atom. The summed E-state index contributed by atoms with van der Waals surface area (Å²) in [5, 5.41) is 4.67. The molecule has 0 rings (SSSR count). The van der Waals surface area contributed by atoms with Crippen LogP contribution in [0.25, 0.3) is 0 Å². The fourth-order valence-corrected chi connectivity index (χ4v) is 0.929. The predicted octanol–water partition coefficient (Wildman–Crippen LogP) is 1.91. The summed E-state index contributed by atoms with van der Waals surface area (Å²) in [4.78, 5) is 0. The molecule has 0 fully saturated rings. The zero-order valence-corrected chi connectivity index (χ0v) is 10.2. The highest BCUT2D eigenvalue weighted by molar-refractivity contribution is 7.89. The maximum Gasteiger partial charge on any atom is 0.416 e. The molecule has 0 aromatic rings. The predicted molar refractivity (Wildman–Crippen MR) is 57.0 cm³/mol. The van der Waals surface area contributed by atoms with Crippen molar-refractivity contribution < 1.29 is 22.5 Å². The fourth-order valence-electron chi connectivity index (χ4n) is 0.663. The molecule has 0 amide bonds. The quantitative estimate of drug-likeness (QED) is 0.606. The van der Waals surface area contributed by atoms with Gasteiger partial charge in [-0.05, 0) is 26.8 Å². The topological polar surface area (TPSA) is 58.3 Å². The highest BCUT2D eigenvalue weighted by Gasteiger charge is 2.48. The van der Waals surface area contributed by atoms with Crippen molar-refractivity contribution in [2.75, 3.05) is 6.61 Å². The van der Waals surface area contributed by atoms with Gasteiger partial charge in [0.05, 0.1) is 6.61 Å². The van der Waals surface area contributed by atoms with Crippen LogP contribution in [0.2, 0.25) is 0 Å². The number of rotatable bonds is 5. The summed E-state index contributed by atoms with van der Waals surface area (Å²) in [6.07, 6.45) is -1.57. The second kappa shape index (κ2) is 5.90. The lowest BCUT2D eigenvalue weighted by Gasteiger charge is -2.27. The smallest absolute Gasteiger partial charge is 0.416 e. The van der Waals surface area contributed by atoms with E-state index >= 15 is 0 Å². The third-order valence-corrected chi connectivity index (χ3v) is 2.89. The first kappa shape index (κ1) is 15.8. The Balaban J connectivity index is 4.09. The van der Waals surface area contributed by atoms with Gasteiger partial charge in [-0.25, -0.2) is 0 Å². The first-order chi connectivity index (χ1) is 7.08. The molecule has 2 atom stereocenters. The van der Waals surface area contributed by atoms with Crippen molar-refractivity contribution in [2.24, 2.45) is 5.14 Å². The molecule has 0 aromatic carbocycles. The molecule has 2 unspecified atom stereocenters. The Kier molecular flexibility index (Phi) is 5.81. The van der Waals surface area contributed by atoms with Crippen LogP contribution >= 0.6 is 0 Å². The number of nitrogens with two attached hydrogens (primary N) is 1. The monoisotopic (exact) mass is 259 g/mol. The zero-order valence-electron chi connectivity index (χ0n) is 9.38. The van der Waals surface area contributed by atoms with E-state index < -0.39 is 28.4 Å². The van der Waals surface area contributed by atoms with Gasteiger partial charge >= 0.3 is 6.18 Å². The van der Waals surface area contributed by atoms with E-state index in [9.17, 15) is 17.7 Å². The molecule has 0 aliphatic carbocycles. The lowest BCUT2D eigenvalue weighted by molar-refractivity contribution is -0.260. The van der Waals surface area contributed by atoms with Crippen molar-refractivity contribution >= 4 is 11.4 Å². The lowest BCUT2D eigenvalue weighted by atomic mass is 10.1. The van der Waals surface area contributed by atoms with Crippen LogP contribution in [0.3, 0.4) is 0 Å². The van der Waals surface area contributed by atoms with Gasteiger partial charge in [0.1, 0.15) is 0 Å². The summed E-state index contributed by atoms with van der Waals surface area (Å²) < 4.78 is 52.4. The van der Waals surface area contributed by atoms with Gasteiger partial charge < -0.3 is 9.29 Å². The van der Waals surface area contributed by atoms with Crippen LogP contribution in [0, 0.1) is 0 Å².